The summed E-state index contributed by atoms with van der Waals surface area (Å²) in [4.78, 5) is 8.84. The van der Waals surface area contributed by atoms with Crippen molar-refractivity contribution >= 4 is 17.3 Å². The van der Waals surface area contributed by atoms with Crippen molar-refractivity contribution in [2.75, 3.05) is 24.3 Å². The quantitative estimate of drug-likeness (QED) is 0.662. The predicted molar refractivity (Wildman–Crippen MR) is 106 cm³/mol. The summed E-state index contributed by atoms with van der Waals surface area (Å²) in [7, 11) is 1.67. The first kappa shape index (κ1) is 18.2. The lowest BCUT2D eigenvalue weighted by molar-refractivity contribution is 0.414. The molecule has 0 aliphatic carbocycles. The van der Waals surface area contributed by atoms with Crippen LogP contribution in [0.2, 0.25) is 0 Å². The van der Waals surface area contributed by atoms with Gasteiger partial charge in [0.15, 0.2) is 0 Å². The molecular formula is C21H21N5O. The Bertz CT molecular complexity index is 965. The third-order valence-corrected chi connectivity index (χ3v) is 4.00. The zero-order valence-corrected chi connectivity index (χ0v) is 15.4. The average Bonchev–Trinajstić information content (AvgIpc) is 2.68. The molecule has 2 aromatic carbocycles. The van der Waals surface area contributed by atoms with Gasteiger partial charge in [-0.3, -0.25) is 0 Å². The molecule has 0 atom stereocenters. The van der Waals surface area contributed by atoms with Gasteiger partial charge in [-0.25, -0.2) is 9.97 Å². The van der Waals surface area contributed by atoms with E-state index in [-0.39, 0.29) is 0 Å². The lowest BCUT2D eigenvalue weighted by Gasteiger charge is -2.11. The van der Waals surface area contributed by atoms with E-state index in [4.69, 9.17) is 4.74 Å². The van der Waals surface area contributed by atoms with Crippen molar-refractivity contribution in [1.82, 2.24) is 9.97 Å². The van der Waals surface area contributed by atoms with Crippen molar-refractivity contribution in [3.63, 3.8) is 0 Å². The SMILES string of the molecule is COc1cccc(CCNc2cc(Nc3ccccc3C#N)nc(C)n2)c1. The maximum atomic E-state index is 9.22. The van der Waals surface area contributed by atoms with Crippen molar-refractivity contribution in [1.29, 1.82) is 5.26 Å². The summed E-state index contributed by atoms with van der Waals surface area (Å²) in [5.74, 6) is 2.89. The van der Waals surface area contributed by atoms with Crippen LogP contribution in [0.15, 0.2) is 54.6 Å². The Labute approximate surface area is 158 Å². The normalized spacial score (nSPS) is 10.1. The summed E-state index contributed by atoms with van der Waals surface area (Å²) in [5.41, 5.74) is 2.48. The van der Waals surface area contributed by atoms with Gasteiger partial charge >= 0.3 is 0 Å². The first-order valence-electron chi connectivity index (χ1n) is 8.66. The van der Waals surface area contributed by atoms with E-state index in [0.29, 0.717) is 17.2 Å². The molecular weight excluding hydrogens is 338 g/mol. The number of hydrogen-bond acceptors (Lipinski definition) is 6. The minimum absolute atomic E-state index is 0.571. The lowest BCUT2D eigenvalue weighted by atomic mass is 10.1. The summed E-state index contributed by atoms with van der Waals surface area (Å²) in [5, 5.41) is 15.8. The third kappa shape index (κ3) is 4.95. The summed E-state index contributed by atoms with van der Waals surface area (Å²) in [6.45, 7) is 2.58. The molecule has 2 N–H and O–H groups in total. The van der Waals surface area contributed by atoms with Crippen LogP contribution in [0, 0.1) is 18.3 Å². The highest BCUT2D eigenvalue weighted by molar-refractivity contribution is 5.65. The Balaban J connectivity index is 1.67. The first-order chi connectivity index (χ1) is 13.2. The first-order valence-corrected chi connectivity index (χ1v) is 8.66. The Morgan fingerprint density at radius 1 is 1.04 bits per heavy atom. The fourth-order valence-corrected chi connectivity index (χ4v) is 2.71. The number of para-hydroxylation sites is 1. The van der Waals surface area contributed by atoms with Crippen molar-refractivity contribution in [2.45, 2.75) is 13.3 Å². The smallest absolute Gasteiger partial charge is 0.136 e. The van der Waals surface area contributed by atoms with Crippen LogP contribution in [0.1, 0.15) is 17.0 Å². The number of hydrogen-bond donors (Lipinski definition) is 2. The van der Waals surface area contributed by atoms with Gasteiger partial charge in [-0.15, -0.1) is 0 Å². The van der Waals surface area contributed by atoms with Gasteiger partial charge in [0.2, 0.25) is 0 Å². The highest BCUT2D eigenvalue weighted by Gasteiger charge is 2.06. The Kier molecular flexibility index (Phi) is 5.85. The molecule has 0 aliphatic rings. The van der Waals surface area contributed by atoms with Gasteiger partial charge in [-0.1, -0.05) is 24.3 Å². The Morgan fingerprint density at radius 2 is 1.85 bits per heavy atom. The molecule has 0 radical (unpaired) electrons. The van der Waals surface area contributed by atoms with E-state index >= 15 is 0 Å². The van der Waals surface area contributed by atoms with E-state index in [1.807, 2.05) is 49.4 Å². The van der Waals surface area contributed by atoms with Crippen LogP contribution >= 0.6 is 0 Å². The number of ether oxygens (including phenoxy) is 1. The van der Waals surface area contributed by atoms with Crippen LogP contribution in [0.5, 0.6) is 5.75 Å². The molecule has 3 rings (SSSR count). The van der Waals surface area contributed by atoms with Crippen molar-refractivity contribution < 1.29 is 4.74 Å². The fraction of sp³-hybridized carbons (Fsp3) is 0.190. The minimum Gasteiger partial charge on any atom is -0.497 e. The topological polar surface area (TPSA) is 82.9 Å². The maximum absolute atomic E-state index is 9.22. The van der Waals surface area contributed by atoms with Gasteiger partial charge in [-0.2, -0.15) is 5.26 Å². The molecule has 0 fully saturated rings. The van der Waals surface area contributed by atoms with Crippen LogP contribution in [0.25, 0.3) is 0 Å². The van der Waals surface area contributed by atoms with Crippen LogP contribution in [-0.4, -0.2) is 23.6 Å². The zero-order valence-electron chi connectivity index (χ0n) is 15.4. The van der Waals surface area contributed by atoms with E-state index in [1.54, 1.807) is 13.2 Å². The molecule has 0 unspecified atom stereocenters. The molecule has 0 spiro atoms. The van der Waals surface area contributed by atoms with Crippen molar-refractivity contribution in [2.24, 2.45) is 0 Å². The number of methoxy groups -OCH3 is 1. The van der Waals surface area contributed by atoms with E-state index < -0.39 is 0 Å². The van der Waals surface area contributed by atoms with Gasteiger partial charge in [0.05, 0.1) is 18.4 Å². The molecule has 136 valence electrons. The van der Waals surface area contributed by atoms with Gasteiger partial charge < -0.3 is 15.4 Å². The highest BCUT2D eigenvalue weighted by atomic mass is 16.5. The molecule has 1 heterocycles. The number of benzene rings is 2. The van der Waals surface area contributed by atoms with E-state index in [2.05, 4.69) is 32.7 Å². The Morgan fingerprint density at radius 3 is 2.67 bits per heavy atom. The van der Waals surface area contributed by atoms with Gasteiger partial charge in [-0.05, 0) is 43.2 Å². The molecule has 0 saturated carbocycles. The van der Waals surface area contributed by atoms with Crippen LogP contribution in [0.4, 0.5) is 17.3 Å². The second kappa shape index (κ2) is 8.68. The largest absolute Gasteiger partial charge is 0.497 e. The molecule has 0 bridgehead atoms. The van der Waals surface area contributed by atoms with Crippen LogP contribution in [0.3, 0.4) is 0 Å². The number of nitrogens with zero attached hydrogens (tertiary/aromatic N) is 3. The summed E-state index contributed by atoms with van der Waals surface area (Å²) >= 11 is 0. The molecule has 0 saturated heterocycles. The molecule has 27 heavy (non-hydrogen) atoms. The monoisotopic (exact) mass is 359 g/mol. The Hall–Kier alpha value is -3.59. The number of aromatic nitrogens is 2. The standard InChI is InChI=1S/C21H21N5O/c1-15-24-20(23-11-10-16-6-5-8-18(12-16)27-2)13-21(25-15)26-19-9-4-3-7-17(19)14-22/h3-9,12-13H,10-11H2,1-2H3,(H2,23,24,25,26). The summed E-state index contributed by atoms with van der Waals surface area (Å²) in [6, 6.07) is 19.4. The van der Waals surface area contributed by atoms with Crippen LogP contribution in [-0.2, 0) is 6.42 Å². The number of nitrogens with one attached hydrogen (secondary N) is 2. The fourth-order valence-electron chi connectivity index (χ4n) is 2.71. The van der Waals surface area contributed by atoms with E-state index in [9.17, 15) is 5.26 Å². The molecule has 3 aromatic rings. The molecule has 0 amide bonds. The highest BCUT2D eigenvalue weighted by Crippen LogP contribution is 2.21. The second-order valence-electron chi connectivity index (χ2n) is 6.00. The molecule has 1 aromatic heterocycles. The second-order valence-corrected chi connectivity index (χ2v) is 6.00. The van der Waals surface area contributed by atoms with Gasteiger partial charge in [0, 0.05) is 12.6 Å². The maximum Gasteiger partial charge on any atom is 0.136 e. The number of aryl methyl sites for hydroxylation is 1. The van der Waals surface area contributed by atoms with E-state index in [0.717, 1.165) is 30.2 Å². The molecule has 6 nitrogen and oxygen atoms in total. The molecule has 0 aliphatic heterocycles. The summed E-state index contributed by atoms with van der Waals surface area (Å²) in [6.07, 6.45) is 0.847. The summed E-state index contributed by atoms with van der Waals surface area (Å²) < 4.78 is 5.25. The minimum atomic E-state index is 0.571. The number of anilines is 3. The number of rotatable bonds is 7. The average molecular weight is 359 g/mol. The van der Waals surface area contributed by atoms with Gasteiger partial charge in [0.25, 0.3) is 0 Å². The van der Waals surface area contributed by atoms with E-state index in [1.165, 1.54) is 5.56 Å². The zero-order chi connectivity index (χ0) is 19.1. The molecule has 6 heteroatoms. The van der Waals surface area contributed by atoms with Crippen molar-refractivity contribution in [3.8, 4) is 11.8 Å². The lowest BCUT2D eigenvalue weighted by Crippen LogP contribution is -2.08. The van der Waals surface area contributed by atoms with Gasteiger partial charge in [0.1, 0.15) is 29.3 Å². The predicted octanol–water partition coefficient (Wildman–Crippen LogP) is 4.06. The third-order valence-electron chi connectivity index (χ3n) is 4.00. The van der Waals surface area contributed by atoms with Crippen molar-refractivity contribution in [3.05, 3.63) is 71.5 Å². The van der Waals surface area contributed by atoms with Crippen LogP contribution < -0.4 is 15.4 Å². The number of nitriles is 1.